The fourth-order valence-corrected chi connectivity index (χ4v) is 2.83. The van der Waals surface area contributed by atoms with Crippen LogP contribution in [0.2, 0.25) is 5.02 Å². The molecule has 7 heteroatoms. The van der Waals surface area contributed by atoms with Gasteiger partial charge in [0.1, 0.15) is 5.82 Å². The number of benzene rings is 2. The van der Waals surface area contributed by atoms with Crippen LogP contribution in [-0.2, 0) is 16.3 Å². The molecule has 0 radical (unpaired) electrons. The highest BCUT2D eigenvalue weighted by Gasteiger charge is 2.15. The topological polar surface area (TPSA) is 63.2 Å². The Balaban J connectivity index is 2.04. The molecule has 0 fully saturated rings. The van der Waals surface area contributed by atoms with Crippen LogP contribution in [-0.4, -0.2) is 27.1 Å². The molecule has 122 valence electrons. The molecule has 0 saturated heterocycles. The first kappa shape index (κ1) is 17.4. The lowest BCUT2D eigenvalue weighted by Crippen LogP contribution is -2.26. The van der Waals surface area contributed by atoms with Crippen LogP contribution in [0.25, 0.3) is 0 Å². The first-order valence-electron chi connectivity index (χ1n) is 6.79. The van der Waals surface area contributed by atoms with Gasteiger partial charge in [-0.15, -0.1) is 0 Å². The van der Waals surface area contributed by atoms with Crippen LogP contribution < -0.4 is 5.32 Å². The van der Waals surface area contributed by atoms with Crippen molar-refractivity contribution in [1.29, 1.82) is 0 Å². The molecule has 0 saturated carbocycles. The van der Waals surface area contributed by atoms with Gasteiger partial charge in [-0.1, -0.05) is 23.7 Å². The summed E-state index contributed by atoms with van der Waals surface area (Å²) in [7, 11) is -3.42. The Labute approximate surface area is 139 Å². The van der Waals surface area contributed by atoms with E-state index >= 15 is 0 Å². The van der Waals surface area contributed by atoms with Crippen molar-refractivity contribution in [2.45, 2.75) is 11.3 Å². The lowest BCUT2D eigenvalue weighted by atomic mass is 10.1. The summed E-state index contributed by atoms with van der Waals surface area (Å²) < 4.78 is 35.9. The zero-order chi connectivity index (χ0) is 17.0. The molecule has 0 aliphatic carbocycles. The number of carbonyl (C=O) groups excluding carboxylic acids is 1. The normalized spacial score (nSPS) is 11.3. The molecular weight excluding hydrogens is 341 g/mol. The number of nitrogens with one attached hydrogen (secondary N) is 1. The van der Waals surface area contributed by atoms with Crippen LogP contribution in [0, 0.1) is 5.82 Å². The molecule has 0 aliphatic heterocycles. The SMILES string of the molecule is CS(=O)(=O)c1ccc(Cl)c(C(=O)NCCc2ccc(F)cc2)c1. The first-order chi connectivity index (χ1) is 10.8. The van der Waals surface area contributed by atoms with E-state index in [1.54, 1.807) is 12.1 Å². The van der Waals surface area contributed by atoms with Gasteiger partial charge in [-0.25, -0.2) is 12.8 Å². The first-order valence-corrected chi connectivity index (χ1v) is 9.06. The quantitative estimate of drug-likeness (QED) is 0.897. The fourth-order valence-electron chi connectivity index (χ4n) is 1.98. The number of amides is 1. The molecular formula is C16H15ClFNO3S. The van der Waals surface area contributed by atoms with Crippen molar-refractivity contribution in [3.05, 3.63) is 64.4 Å². The Hall–Kier alpha value is -1.92. The summed E-state index contributed by atoms with van der Waals surface area (Å²) in [5.74, 6) is -0.773. The maximum Gasteiger partial charge on any atom is 0.252 e. The Kier molecular flexibility index (Phi) is 5.38. The third kappa shape index (κ3) is 4.77. The molecule has 0 heterocycles. The molecule has 0 aliphatic rings. The molecule has 0 bridgehead atoms. The monoisotopic (exact) mass is 355 g/mol. The minimum absolute atomic E-state index is 0.0329. The molecule has 0 spiro atoms. The molecule has 0 atom stereocenters. The average Bonchev–Trinajstić information content (AvgIpc) is 2.48. The van der Waals surface area contributed by atoms with Gasteiger partial charge < -0.3 is 5.32 Å². The standard InChI is InChI=1S/C16H15ClFNO3S/c1-23(21,22)13-6-7-15(17)14(10-13)16(20)19-9-8-11-2-4-12(18)5-3-11/h2-7,10H,8-9H2,1H3,(H,19,20). The highest BCUT2D eigenvalue weighted by Crippen LogP contribution is 2.20. The maximum absolute atomic E-state index is 12.8. The summed E-state index contributed by atoms with van der Waals surface area (Å²) in [6, 6.07) is 9.97. The Morgan fingerprint density at radius 1 is 1.17 bits per heavy atom. The summed E-state index contributed by atoms with van der Waals surface area (Å²) in [6.45, 7) is 0.323. The van der Waals surface area contributed by atoms with Crippen LogP contribution in [0.1, 0.15) is 15.9 Å². The smallest absolute Gasteiger partial charge is 0.252 e. The van der Waals surface area contributed by atoms with Crippen molar-refractivity contribution in [2.24, 2.45) is 0 Å². The molecule has 0 aromatic heterocycles. The Morgan fingerprint density at radius 2 is 1.83 bits per heavy atom. The number of hydrogen-bond donors (Lipinski definition) is 1. The molecule has 2 aromatic rings. The van der Waals surface area contributed by atoms with Gasteiger partial charge in [0.05, 0.1) is 15.5 Å². The van der Waals surface area contributed by atoms with Gasteiger partial charge in [0.25, 0.3) is 5.91 Å². The summed E-state index contributed by atoms with van der Waals surface area (Å²) in [6.07, 6.45) is 1.59. The highest BCUT2D eigenvalue weighted by molar-refractivity contribution is 7.90. The van der Waals surface area contributed by atoms with Crippen LogP contribution in [0.3, 0.4) is 0 Å². The second-order valence-corrected chi connectivity index (χ2v) is 7.47. The molecule has 0 unspecified atom stereocenters. The van der Waals surface area contributed by atoms with E-state index < -0.39 is 15.7 Å². The van der Waals surface area contributed by atoms with Crippen molar-refractivity contribution >= 4 is 27.3 Å². The number of halogens is 2. The highest BCUT2D eigenvalue weighted by atomic mass is 35.5. The second kappa shape index (κ2) is 7.10. The molecule has 23 heavy (non-hydrogen) atoms. The van der Waals surface area contributed by atoms with Gasteiger partial charge in [-0.05, 0) is 42.3 Å². The fraction of sp³-hybridized carbons (Fsp3) is 0.188. The summed E-state index contributed by atoms with van der Waals surface area (Å²) in [5, 5.41) is 2.85. The number of hydrogen-bond acceptors (Lipinski definition) is 3. The zero-order valence-electron chi connectivity index (χ0n) is 12.3. The largest absolute Gasteiger partial charge is 0.352 e. The lowest BCUT2D eigenvalue weighted by Gasteiger charge is -2.08. The van der Waals surface area contributed by atoms with Crippen molar-refractivity contribution in [2.75, 3.05) is 12.8 Å². The molecule has 2 rings (SSSR count). The van der Waals surface area contributed by atoms with Gasteiger partial charge in [0.2, 0.25) is 0 Å². The van der Waals surface area contributed by atoms with E-state index in [1.807, 2.05) is 0 Å². The van der Waals surface area contributed by atoms with Gasteiger partial charge in [-0.3, -0.25) is 4.79 Å². The van der Waals surface area contributed by atoms with Crippen molar-refractivity contribution in [1.82, 2.24) is 5.32 Å². The van der Waals surface area contributed by atoms with E-state index in [9.17, 15) is 17.6 Å². The van der Waals surface area contributed by atoms with E-state index in [2.05, 4.69) is 5.32 Å². The van der Waals surface area contributed by atoms with Gasteiger partial charge in [0.15, 0.2) is 9.84 Å². The summed E-state index contributed by atoms with van der Waals surface area (Å²) >= 11 is 5.96. The van der Waals surface area contributed by atoms with Crippen LogP contribution in [0.5, 0.6) is 0 Å². The number of sulfone groups is 1. The predicted molar refractivity (Wildman–Crippen MR) is 87.0 cm³/mol. The Bertz CT molecular complexity index is 820. The number of carbonyl (C=O) groups is 1. The molecule has 2 aromatic carbocycles. The molecule has 1 N–H and O–H groups in total. The van der Waals surface area contributed by atoms with Gasteiger partial charge in [0, 0.05) is 12.8 Å². The Morgan fingerprint density at radius 3 is 2.43 bits per heavy atom. The predicted octanol–water partition coefficient (Wildman–Crippen LogP) is 2.86. The van der Waals surface area contributed by atoms with Gasteiger partial charge in [-0.2, -0.15) is 0 Å². The van der Waals surface area contributed by atoms with E-state index in [0.29, 0.717) is 13.0 Å². The second-order valence-electron chi connectivity index (χ2n) is 5.05. The minimum atomic E-state index is -3.42. The van der Waals surface area contributed by atoms with Crippen LogP contribution >= 0.6 is 11.6 Å². The van der Waals surface area contributed by atoms with Crippen LogP contribution in [0.15, 0.2) is 47.4 Å². The van der Waals surface area contributed by atoms with E-state index in [1.165, 1.54) is 30.3 Å². The maximum atomic E-state index is 12.8. The third-order valence-electron chi connectivity index (χ3n) is 3.22. The average molecular weight is 356 g/mol. The van der Waals surface area contributed by atoms with Crippen LogP contribution in [0.4, 0.5) is 4.39 Å². The summed E-state index contributed by atoms with van der Waals surface area (Å²) in [4.78, 5) is 12.2. The van der Waals surface area contributed by atoms with Crippen molar-refractivity contribution in [3.63, 3.8) is 0 Å². The third-order valence-corrected chi connectivity index (χ3v) is 4.66. The number of rotatable bonds is 5. The molecule has 1 amide bonds. The van der Waals surface area contributed by atoms with E-state index in [-0.39, 0.29) is 21.3 Å². The van der Waals surface area contributed by atoms with Gasteiger partial charge >= 0.3 is 0 Å². The van der Waals surface area contributed by atoms with Crippen molar-refractivity contribution < 1.29 is 17.6 Å². The van der Waals surface area contributed by atoms with E-state index in [4.69, 9.17) is 11.6 Å². The van der Waals surface area contributed by atoms with Crippen molar-refractivity contribution in [3.8, 4) is 0 Å². The minimum Gasteiger partial charge on any atom is -0.352 e. The summed E-state index contributed by atoms with van der Waals surface area (Å²) in [5.41, 5.74) is 0.983. The zero-order valence-corrected chi connectivity index (χ0v) is 13.9. The lowest BCUT2D eigenvalue weighted by molar-refractivity contribution is 0.0954. The molecule has 4 nitrogen and oxygen atoms in total. The van der Waals surface area contributed by atoms with E-state index in [0.717, 1.165) is 11.8 Å².